The van der Waals surface area contributed by atoms with Crippen molar-refractivity contribution >= 4 is 23.0 Å². The van der Waals surface area contributed by atoms with Gasteiger partial charge in [-0.2, -0.15) is 0 Å². The molecule has 0 bridgehead atoms. The Morgan fingerprint density at radius 1 is 1.03 bits per heavy atom. The first kappa shape index (κ1) is 21.0. The monoisotopic (exact) mass is 430 g/mol. The lowest BCUT2D eigenvalue weighted by molar-refractivity contribution is 0.115. The van der Waals surface area contributed by atoms with Gasteiger partial charge in [-0.3, -0.25) is 0 Å². The summed E-state index contributed by atoms with van der Waals surface area (Å²) in [5, 5.41) is 0.645. The second-order valence-corrected chi connectivity index (χ2v) is 9.11. The summed E-state index contributed by atoms with van der Waals surface area (Å²) < 4.78 is 11.6. The number of aryl methyl sites for hydroxylation is 1. The lowest BCUT2D eigenvalue weighted by Gasteiger charge is -2.38. The standard InChI is InChI=1S/C23H31ClN4O2/c1-15-5-7-27(13-15)18-9-16(2)23(26-11-18)30-21-6-8-28(14-17(21)3)20-10-22(29-4)25-12-19(20)24/h9-12,15,17,21H,5-8,13-14H2,1-4H3. The number of rotatable bonds is 5. The Kier molecular flexibility index (Phi) is 6.23. The topological polar surface area (TPSA) is 50.7 Å². The number of pyridine rings is 2. The third-order valence-corrected chi connectivity index (χ3v) is 6.55. The lowest BCUT2D eigenvalue weighted by Crippen LogP contribution is -2.44. The van der Waals surface area contributed by atoms with Gasteiger partial charge in [-0.25, -0.2) is 9.97 Å². The number of aromatic nitrogens is 2. The van der Waals surface area contributed by atoms with Crippen LogP contribution in [0.15, 0.2) is 24.5 Å². The average molecular weight is 431 g/mol. The van der Waals surface area contributed by atoms with Crippen molar-refractivity contribution in [2.45, 2.75) is 39.7 Å². The SMILES string of the molecule is COc1cc(N2CCC(Oc3ncc(N4CCC(C)C4)cc3C)C(C)C2)c(Cl)cn1. The molecule has 2 aromatic rings. The first-order chi connectivity index (χ1) is 14.4. The fourth-order valence-electron chi connectivity index (χ4n) is 4.44. The number of nitrogens with zero attached hydrogens (tertiary/aromatic N) is 4. The van der Waals surface area contributed by atoms with Crippen LogP contribution in [0, 0.1) is 18.8 Å². The summed E-state index contributed by atoms with van der Waals surface area (Å²) in [7, 11) is 1.62. The van der Waals surface area contributed by atoms with Gasteiger partial charge in [0.2, 0.25) is 11.8 Å². The largest absolute Gasteiger partial charge is 0.481 e. The van der Waals surface area contributed by atoms with Gasteiger partial charge < -0.3 is 19.3 Å². The predicted octanol–water partition coefficient (Wildman–Crippen LogP) is 4.59. The summed E-state index contributed by atoms with van der Waals surface area (Å²) in [6.45, 7) is 10.6. The summed E-state index contributed by atoms with van der Waals surface area (Å²) in [5.41, 5.74) is 3.27. The number of piperidine rings is 1. The van der Waals surface area contributed by atoms with Crippen LogP contribution in [0.5, 0.6) is 11.8 Å². The van der Waals surface area contributed by atoms with E-state index in [2.05, 4.69) is 46.6 Å². The number of hydrogen-bond acceptors (Lipinski definition) is 6. The minimum atomic E-state index is 0.132. The highest BCUT2D eigenvalue weighted by Gasteiger charge is 2.30. The Bertz CT molecular complexity index is 894. The maximum atomic E-state index is 6.39. The lowest BCUT2D eigenvalue weighted by atomic mass is 9.96. The van der Waals surface area contributed by atoms with E-state index in [0.717, 1.165) is 55.6 Å². The molecule has 3 unspecified atom stereocenters. The van der Waals surface area contributed by atoms with Crippen LogP contribution in [-0.2, 0) is 0 Å². The second-order valence-electron chi connectivity index (χ2n) is 8.70. The van der Waals surface area contributed by atoms with Crippen molar-refractivity contribution in [1.82, 2.24) is 9.97 Å². The molecule has 3 atom stereocenters. The van der Waals surface area contributed by atoms with Gasteiger partial charge in [0.05, 0.1) is 35.9 Å². The van der Waals surface area contributed by atoms with Gasteiger partial charge in [0.25, 0.3) is 0 Å². The number of methoxy groups -OCH3 is 1. The van der Waals surface area contributed by atoms with Gasteiger partial charge in [-0.15, -0.1) is 0 Å². The van der Waals surface area contributed by atoms with E-state index in [9.17, 15) is 0 Å². The number of hydrogen-bond donors (Lipinski definition) is 0. The molecule has 162 valence electrons. The van der Waals surface area contributed by atoms with Crippen molar-refractivity contribution < 1.29 is 9.47 Å². The Morgan fingerprint density at radius 2 is 1.83 bits per heavy atom. The molecule has 2 aliphatic heterocycles. The highest BCUT2D eigenvalue weighted by atomic mass is 35.5. The van der Waals surface area contributed by atoms with Crippen molar-refractivity contribution in [2.75, 3.05) is 43.1 Å². The molecule has 30 heavy (non-hydrogen) atoms. The van der Waals surface area contributed by atoms with Crippen molar-refractivity contribution in [2.24, 2.45) is 11.8 Å². The van der Waals surface area contributed by atoms with Crippen LogP contribution >= 0.6 is 11.6 Å². The minimum Gasteiger partial charge on any atom is -0.481 e. The molecular weight excluding hydrogens is 400 g/mol. The highest BCUT2D eigenvalue weighted by molar-refractivity contribution is 6.33. The van der Waals surface area contributed by atoms with E-state index in [1.807, 2.05) is 12.3 Å². The predicted molar refractivity (Wildman–Crippen MR) is 121 cm³/mol. The van der Waals surface area contributed by atoms with E-state index in [1.165, 1.54) is 12.1 Å². The maximum Gasteiger partial charge on any atom is 0.216 e. The first-order valence-corrected chi connectivity index (χ1v) is 11.1. The highest BCUT2D eigenvalue weighted by Crippen LogP contribution is 2.33. The smallest absolute Gasteiger partial charge is 0.216 e. The van der Waals surface area contributed by atoms with Crippen LogP contribution < -0.4 is 19.3 Å². The second kappa shape index (κ2) is 8.88. The van der Waals surface area contributed by atoms with Crippen molar-refractivity contribution in [3.63, 3.8) is 0 Å². The molecule has 0 amide bonds. The summed E-state index contributed by atoms with van der Waals surface area (Å²) in [5.74, 6) is 2.42. The molecule has 0 spiro atoms. The molecule has 0 aromatic carbocycles. The fourth-order valence-corrected chi connectivity index (χ4v) is 4.66. The molecule has 0 N–H and O–H groups in total. The number of ether oxygens (including phenoxy) is 2. The van der Waals surface area contributed by atoms with E-state index >= 15 is 0 Å². The van der Waals surface area contributed by atoms with Crippen molar-refractivity contribution in [1.29, 1.82) is 0 Å². The molecule has 2 saturated heterocycles. The first-order valence-electron chi connectivity index (χ1n) is 10.8. The van der Waals surface area contributed by atoms with Crippen LogP contribution in [-0.4, -0.2) is 49.4 Å². The summed E-state index contributed by atoms with van der Waals surface area (Å²) in [4.78, 5) is 13.5. The van der Waals surface area contributed by atoms with Crippen LogP contribution in [0.2, 0.25) is 5.02 Å². The summed E-state index contributed by atoms with van der Waals surface area (Å²) >= 11 is 6.39. The molecule has 4 heterocycles. The fraction of sp³-hybridized carbons (Fsp3) is 0.565. The normalized spacial score (nSPS) is 24.2. The molecule has 2 fully saturated rings. The molecule has 6 nitrogen and oxygen atoms in total. The molecule has 4 rings (SSSR count). The van der Waals surface area contributed by atoms with Crippen LogP contribution in [0.1, 0.15) is 32.3 Å². The molecule has 7 heteroatoms. The van der Waals surface area contributed by atoms with Gasteiger partial charge in [0.1, 0.15) is 6.10 Å². The van der Waals surface area contributed by atoms with E-state index in [4.69, 9.17) is 21.1 Å². The van der Waals surface area contributed by atoms with Crippen LogP contribution in [0.4, 0.5) is 11.4 Å². The van der Waals surface area contributed by atoms with Gasteiger partial charge in [-0.1, -0.05) is 25.4 Å². The van der Waals surface area contributed by atoms with E-state index in [-0.39, 0.29) is 6.10 Å². The van der Waals surface area contributed by atoms with E-state index in [0.29, 0.717) is 16.8 Å². The Morgan fingerprint density at radius 3 is 2.50 bits per heavy atom. The minimum absolute atomic E-state index is 0.132. The quantitative estimate of drug-likeness (QED) is 0.691. The van der Waals surface area contributed by atoms with Gasteiger partial charge in [0.15, 0.2) is 0 Å². The Labute approximate surface area is 184 Å². The Balaban J connectivity index is 1.41. The molecule has 0 saturated carbocycles. The van der Waals surface area contributed by atoms with Gasteiger partial charge in [-0.05, 0) is 25.3 Å². The molecule has 2 aromatic heterocycles. The number of anilines is 2. The zero-order valence-electron chi connectivity index (χ0n) is 18.3. The Hall–Kier alpha value is -2.21. The van der Waals surface area contributed by atoms with Crippen LogP contribution in [0.25, 0.3) is 0 Å². The molecule has 2 aliphatic rings. The molecule has 0 radical (unpaired) electrons. The third-order valence-electron chi connectivity index (χ3n) is 6.25. The van der Waals surface area contributed by atoms with Crippen molar-refractivity contribution in [3.8, 4) is 11.8 Å². The summed E-state index contributed by atoms with van der Waals surface area (Å²) in [6.07, 6.45) is 5.91. The maximum absolute atomic E-state index is 6.39. The van der Waals surface area contributed by atoms with Gasteiger partial charge >= 0.3 is 0 Å². The van der Waals surface area contributed by atoms with E-state index < -0.39 is 0 Å². The molecule has 0 aliphatic carbocycles. The zero-order chi connectivity index (χ0) is 21.3. The zero-order valence-corrected chi connectivity index (χ0v) is 19.0. The van der Waals surface area contributed by atoms with Crippen molar-refractivity contribution in [3.05, 3.63) is 35.1 Å². The summed E-state index contributed by atoms with van der Waals surface area (Å²) in [6, 6.07) is 4.11. The average Bonchev–Trinajstić information content (AvgIpc) is 3.17. The molecular formula is C23H31ClN4O2. The van der Waals surface area contributed by atoms with Gasteiger partial charge in [0, 0.05) is 50.1 Å². The van der Waals surface area contributed by atoms with Crippen LogP contribution in [0.3, 0.4) is 0 Å². The third kappa shape index (κ3) is 4.43. The number of halogens is 1. The van der Waals surface area contributed by atoms with E-state index in [1.54, 1.807) is 13.3 Å².